The van der Waals surface area contributed by atoms with Crippen molar-refractivity contribution in [1.29, 1.82) is 0 Å². The fraction of sp³-hybridized carbons (Fsp3) is 0.200. The Kier molecular flexibility index (Phi) is 5.03. The summed E-state index contributed by atoms with van der Waals surface area (Å²) in [6.45, 7) is 3.62. The van der Waals surface area contributed by atoms with Gasteiger partial charge in [0, 0.05) is 5.56 Å². The quantitative estimate of drug-likeness (QED) is 0.720. The van der Waals surface area contributed by atoms with E-state index in [0.717, 1.165) is 5.01 Å². The first-order valence-corrected chi connectivity index (χ1v) is 8.30. The number of amides is 1. The molecule has 0 saturated heterocycles. The van der Waals surface area contributed by atoms with Crippen molar-refractivity contribution in [2.75, 3.05) is 5.01 Å². The molecule has 1 aliphatic heterocycles. The van der Waals surface area contributed by atoms with Crippen molar-refractivity contribution >= 4 is 23.4 Å². The Labute approximate surface area is 154 Å². The third kappa shape index (κ3) is 4.02. The van der Waals surface area contributed by atoms with Crippen LogP contribution in [0, 0.1) is 0 Å². The van der Waals surface area contributed by atoms with Crippen molar-refractivity contribution < 1.29 is 22.7 Å². The van der Waals surface area contributed by atoms with E-state index in [2.05, 4.69) is 5.10 Å². The predicted molar refractivity (Wildman–Crippen MR) is 97.6 cm³/mol. The zero-order chi connectivity index (χ0) is 19.6. The van der Waals surface area contributed by atoms with Gasteiger partial charge in [0.25, 0.3) is 5.91 Å². The number of hydrazone groups is 1. The highest BCUT2D eigenvalue weighted by Crippen LogP contribution is 2.33. The Morgan fingerprint density at radius 1 is 1.04 bits per heavy atom. The number of ether oxygens (including phenoxy) is 1. The molecule has 7 heteroatoms. The van der Waals surface area contributed by atoms with Crippen LogP contribution in [-0.4, -0.2) is 23.9 Å². The number of nitrogens with zero attached hydrogens (tertiary/aromatic N) is 2. The van der Waals surface area contributed by atoms with Gasteiger partial charge in [-0.2, -0.15) is 23.3 Å². The lowest BCUT2D eigenvalue weighted by molar-refractivity contribution is -0.114. The Morgan fingerprint density at radius 2 is 1.67 bits per heavy atom. The van der Waals surface area contributed by atoms with Gasteiger partial charge in [0.1, 0.15) is 5.75 Å². The molecule has 3 rings (SSSR count). The van der Waals surface area contributed by atoms with E-state index in [1.807, 2.05) is 13.8 Å². The van der Waals surface area contributed by atoms with E-state index in [1.54, 1.807) is 42.5 Å². The van der Waals surface area contributed by atoms with Crippen LogP contribution >= 0.6 is 0 Å². The van der Waals surface area contributed by atoms with Gasteiger partial charge in [-0.05, 0) is 38.1 Å². The number of para-hydroxylation sites is 2. The van der Waals surface area contributed by atoms with Crippen molar-refractivity contribution in [3.8, 4) is 5.75 Å². The van der Waals surface area contributed by atoms with Crippen LogP contribution in [0.4, 0.5) is 18.9 Å². The highest BCUT2D eigenvalue weighted by atomic mass is 19.4. The maximum atomic E-state index is 13.5. The molecule has 4 nitrogen and oxygen atoms in total. The highest BCUT2D eigenvalue weighted by Gasteiger charge is 2.46. The average molecular weight is 374 g/mol. The zero-order valence-corrected chi connectivity index (χ0v) is 14.7. The maximum Gasteiger partial charge on any atom is 0.435 e. The maximum absolute atomic E-state index is 13.5. The van der Waals surface area contributed by atoms with Crippen molar-refractivity contribution in [2.24, 2.45) is 5.10 Å². The molecule has 0 fully saturated rings. The van der Waals surface area contributed by atoms with Gasteiger partial charge in [-0.25, -0.2) is 0 Å². The number of alkyl halides is 3. The predicted octanol–water partition coefficient (Wildman–Crippen LogP) is 4.82. The van der Waals surface area contributed by atoms with Gasteiger partial charge in [-0.1, -0.05) is 36.4 Å². The number of benzene rings is 2. The molecule has 0 radical (unpaired) electrons. The van der Waals surface area contributed by atoms with Crippen molar-refractivity contribution in [1.82, 2.24) is 0 Å². The van der Waals surface area contributed by atoms with E-state index >= 15 is 0 Å². The van der Waals surface area contributed by atoms with Crippen LogP contribution < -0.4 is 9.75 Å². The SMILES string of the molecule is CC(C)Oc1ccccc1/C=C1\C(=O)N(c2ccccc2)N=C1C(F)(F)F. The number of carbonyl (C=O) groups is 1. The molecule has 0 aromatic heterocycles. The Bertz CT molecular complexity index is 903. The van der Waals surface area contributed by atoms with Crippen LogP contribution in [0.2, 0.25) is 0 Å². The normalized spacial score (nSPS) is 16.2. The van der Waals surface area contributed by atoms with Gasteiger partial charge in [0.2, 0.25) is 0 Å². The Morgan fingerprint density at radius 3 is 2.30 bits per heavy atom. The molecule has 1 aliphatic rings. The molecule has 0 aliphatic carbocycles. The van der Waals surface area contributed by atoms with Crippen LogP contribution in [0.15, 0.2) is 65.3 Å². The van der Waals surface area contributed by atoms with Gasteiger partial charge in [0.15, 0.2) is 5.71 Å². The molecule has 0 N–H and O–H groups in total. The third-order valence-corrected chi connectivity index (χ3v) is 3.73. The summed E-state index contributed by atoms with van der Waals surface area (Å²) in [5.41, 5.74) is -1.11. The van der Waals surface area contributed by atoms with Crippen LogP contribution in [0.3, 0.4) is 0 Å². The Balaban J connectivity index is 2.08. The molecule has 0 atom stereocenters. The molecule has 27 heavy (non-hydrogen) atoms. The first-order chi connectivity index (χ1) is 12.8. The molecule has 0 bridgehead atoms. The summed E-state index contributed by atoms with van der Waals surface area (Å²) in [5.74, 6) is -0.444. The number of halogens is 3. The molecule has 0 spiro atoms. The fourth-order valence-electron chi connectivity index (χ4n) is 2.61. The van der Waals surface area contributed by atoms with Crippen molar-refractivity contribution in [3.05, 3.63) is 65.7 Å². The number of hydrogen-bond donors (Lipinski definition) is 0. The fourth-order valence-corrected chi connectivity index (χ4v) is 2.61. The van der Waals surface area contributed by atoms with Gasteiger partial charge in [0.05, 0.1) is 17.4 Å². The molecule has 2 aromatic rings. The standard InChI is InChI=1S/C20H17F3N2O2/c1-13(2)27-17-11-7-6-8-14(17)12-16-18(20(21,22)23)24-25(19(16)26)15-9-4-3-5-10-15/h3-13H,1-2H3/b16-12-. The minimum absolute atomic E-state index is 0.166. The topological polar surface area (TPSA) is 41.9 Å². The summed E-state index contributed by atoms with van der Waals surface area (Å²) in [4.78, 5) is 12.7. The summed E-state index contributed by atoms with van der Waals surface area (Å²) in [7, 11) is 0. The van der Waals surface area contributed by atoms with Gasteiger partial charge >= 0.3 is 6.18 Å². The van der Waals surface area contributed by atoms with Gasteiger partial charge in [-0.15, -0.1) is 0 Å². The van der Waals surface area contributed by atoms with Crippen molar-refractivity contribution in [2.45, 2.75) is 26.1 Å². The van der Waals surface area contributed by atoms with Crippen LogP contribution in [0.1, 0.15) is 19.4 Å². The smallest absolute Gasteiger partial charge is 0.435 e. The summed E-state index contributed by atoms with van der Waals surface area (Å²) >= 11 is 0. The first-order valence-electron chi connectivity index (χ1n) is 8.30. The number of carbonyl (C=O) groups excluding carboxylic acids is 1. The molecule has 1 amide bonds. The molecular formula is C20H17F3N2O2. The average Bonchev–Trinajstić information content (AvgIpc) is 2.94. The van der Waals surface area contributed by atoms with E-state index in [1.165, 1.54) is 18.2 Å². The number of anilines is 1. The summed E-state index contributed by atoms with van der Waals surface area (Å²) in [5, 5.41) is 4.31. The molecule has 0 saturated carbocycles. The van der Waals surface area contributed by atoms with E-state index in [-0.39, 0.29) is 11.8 Å². The first kappa shape index (κ1) is 18.7. The van der Waals surface area contributed by atoms with E-state index in [4.69, 9.17) is 4.74 Å². The van der Waals surface area contributed by atoms with Gasteiger partial charge < -0.3 is 4.74 Å². The number of hydrogen-bond acceptors (Lipinski definition) is 3. The van der Waals surface area contributed by atoms with E-state index < -0.39 is 23.4 Å². The lowest BCUT2D eigenvalue weighted by Crippen LogP contribution is -2.25. The third-order valence-electron chi connectivity index (χ3n) is 3.73. The lowest BCUT2D eigenvalue weighted by Gasteiger charge is -2.13. The van der Waals surface area contributed by atoms with Crippen LogP contribution in [-0.2, 0) is 4.79 Å². The second-order valence-corrected chi connectivity index (χ2v) is 6.16. The minimum atomic E-state index is -4.77. The lowest BCUT2D eigenvalue weighted by atomic mass is 10.1. The monoisotopic (exact) mass is 374 g/mol. The molecule has 0 unspecified atom stereocenters. The summed E-state index contributed by atoms with van der Waals surface area (Å²) < 4.78 is 46.1. The molecule has 140 valence electrons. The zero-order valence-electron chi connectivity index (χ0n) is 14.7. The number of rotatable bonds is 4. The largest absolute Gasteiger partial charge is 0.490 e. The van der Waals surface area contributed by atoms with Crippen LogP contribution in [0.5, 0.6) is 5.75 Å². The molecular weight excluding hydrogens is 357 g/mol. The highest BCUT2D eigenvalue weighted by molar-refractivity contribution is 6.34. The van der Waals surface area contributed by atoms with Crippen molar-refractivity contribution in [3.63, 3.8) is 0 Å². The summed E-state index contributed by atoms with van der Waals surface area (Å²) in [6.07, 6.45) is -3.76. The molecule has 1 heterocycles. The second-order valence-electron chi connectivity index (χ2n) is 6.16. The molecule has 2 aromatic carbocycles. The van der Waals surface area contributed by atoms with Crippen LogP contribution in [0.25, 0.3) is 6.08 Å². The van der Waals surface area contributed by atoms with E-state index in [9.17, 15) is 18.0 Å². The summed E-state index contributed by atoms with van der Waals surface area (Å²) in [6, 6.07) is 14.6. The van der Waals surface area contributed by atoms with E-state index in [0.29, 0.717) is 11.3 Å². The van der Waals surface area contributed by atoms with Gasteiger partial charge in [-0.3, -0.25) is 4.79 Å². The second kappa shape index (κ2) is 7.26. The Hall–Kier alpha value is -3.09. The minimum Gasteiger partial charge on any atom is -0.490 e.